The third kappa shape index (κ3) is 2.81. The zero-order chi connectivity index (χ0) is 12.1. The number of H-pyrrole nitrogens is 1. The van der Waals surface area contributed by atoms with Crippen LogP contribution in [0.4, 0.5) is 5.95 Å². The predicted molar refractivity (Wildman–Crippen MR) is 61.5 cm³/mol. The molecule has 0 fully saturated rings. The molecule has 0 amide bonds. The molecular weight excluding hydrogens is 220 g/mol. The van der Waals surface area contributed by atoms with Gasteiger partial charge in [0.15, 0.2) is 0 Å². The SMILES string of the molecule is COC(=O)c1cc(CNc2ncccn2)c[nH]1. The van der Waals surface area contributed by atoms with Crippen molar-refractivity contribution in [2.45, 2.75) is 6.54 Å². The average Bonchev–Trinajstić information content (AvgIpc) is 2.85. The normalized spacial score (nSPS) is 9.94. The Morgan fingerprint density at radius 1 is 1.47 bits per heavy atom. The van der Waals surface area contributed by atoms with Gasteiger partial charge in [0.25, 0.3) is 0 Å². The van der Waals surface area contributed by atoms with Gasteiger partial charge in [0.1, 0.15) is 5.69 Å². The van der Waals surface area contributed by atoms with Crippen LogP contribution in [-0.4, -0.2) is 28.0 Å². The van der Waals surface area contributed by atoms with Gasteiger partial charge in [-0.2, -0.15) is 0 Å². The first-order chi connectivity index (χ1) is 8.29. The number of aromatic nitrogens is 3. The molecule has 0 saturated heterocycles. The predicted octanol–water partition coefficient (Wildman–Crippen LogP) is 1.20. The lowest BCUT2D eigenvalue weighted by atomic mass is 10.3. The minimum absolute atomic E-state index is 0.382. The smallest absolute Gasteiger partial charge is 0.354 e. The molecule has 0 bridgehead atoms. The standard InChI is InChI=1S/C11H12N4O2/c1-17-10(16)9-5-8(6-14-9)7-15-11-12-3-2-4-13-11/h2-6,14H,7H2,1H3,(H,12,13,15). The molecule has 0 aliphatic rings. The fourth-order valence-corrected chi connectivity index (χ4v) is 1.34. The number of esters is 1. The quantitative estimate of drug-likeness (QED) is 0.774. The lowest BCUT2D eigenvalue weighted by Crippen LogP contribution is -2.02. The molecule has 0 aliphatic carbocycles. The van der Waals surface area contributed by atoms with E-state index in [4.69, 9.17) is 0 Å². The summed E-state index contributed by atoms with van der Waals surface area (Å²) in [5.74, 6) is 0.167. The van der Waals surface area contributed by atoms with Crippen molar-refractivity contribution in [2.75, 3.05) is 12.4 Å². The van der Waals surface area contributed by atoms with E-state index in [-0.39, 0.29) is 5.97 Å². The van der Waals surface area contributed by atoms with Crippen LogP contribution in [0.5, 0.6) is 0 Å². The van der Waals surface area contributed by atoms with Crippen molar-refractivity contribution in [3.05, 3.63) is 42.0 Å². The van der Waals surface area contributed by atoms with E-state index in [0.29, 0.717) is 18.2 Å². The second-order valence-electron chi connectivity index (χ2n) is 3.34. The maximum absolute atomic E-state index is 11.2. The van der Waals surface area contributed by atoms with Crippen molar-refractivity contribution < 1.29 is 9.53 Å². The second kappa shape index (κ2) is 5.11. The molecule has 0 aromatic carbocycles. The summed E-state index contributed by atoms with van der Waals surface area (Å²) in [6.07, 6.45) is 5.06. The summed E-state index contributed by atoms with van der Waals surface area (Å²) < 4.78 is 4.60. The number of nitrogens with one attached hydrogen (secondary N) is 2. The first-order valence-corrected chi connectivity index (χ1v) is 5.06. The number of hydrogen-bond acceptors (Lipinski definition) is 5. The molecule has 17 heavy (non-hydrogen) atoms. The van der Waals surface area contributed by atoms with Crippen LogP contribution in [0.2, 0.25) is 0 Å². The third-order valence-electron chi connectivity index (χ3n) is 2.16. The molecular formula is C11H12N4O2. The van der Waals surface area contributed by atoms with Gasteiger partial charge in [-0.05, 0) is 17.7 Å². The molecule has 0 spiro atoms. The highest BCUT2D eigenvalue weighted by atomic mass is 16.5. The number of hydrogen-bond donors (Lipinski definition) is 2. The van der Waals surface area contributed by atoms with E-state index in [1.54, 1.807) is 30.7 Å². The Hall–Kier alpha value is -2.37. The molecule has 0 atom stereocenters. The summed E-state index contributed by atoms with van der Waals surface area (Å²) in [5.41, 5.74) is 1.36. The molecule has 2 N–H and O–H groups in total. The average molecular weight is 232 g/mol. The van der Waals surface area contributed by atoms with Crippen LogP contribution >= 0.6 is 0 Å². The van der Waals surface area contributed by atoms with Gasteiger partial charge in [0, 0.05) is 25.1 Å². The van der Waals surface area contributed by atoms with Crippen molar-refractivity contribution in [3.63, 3.8) is 0 Å². The number of aromatic amines is 1. The van der Waals surface area contributed by atoms with Gasteiger partial charge < -0.3 is 15.0 Å². The van der Waals surface area contributed by atoms with Gasteiger partial charge in [-0.15, -0.1) is 0 Å². The van der Waals surface area contributed by atoms with Crippen molar-refractivity contribution in [2.24, 2.45) is 0 Å². The summed E-state index contributed by atoms with van der Waals surface area (Å²) >= 11 is 0. The van der Waals surface area contributed by atoms with Gasteiger partial charge in [-0.25, -0.2) is 14.8 Å². The fourth-order valence-electron chi connectivity index (χ4n) is 1.34. The van der Waals surface area contributed by atoms with Crippen molar-refractivity contribution >= 4 is 11.9 Å². The van der Waals surface area contributed by atoms with Gasteiger partial charge >= 0.3 is 5.97 Å². The molecule has 6 heteroatoms. The Balaban J connectivity index is 1.96. The van der Waals surface area contributed by atoms with Crippen LogP contribution in [0.1, 0.15) is 16.1 Å². The number of anilines is 1. The number of methoxy groups -OCH3 is 1. The van der Waals surface area contributed by atoms with Crippen LogP contribution in [0.15, 0.2) is 30.7 Å². The summed E-state index contributed by atoms with van der Waals surface area (Å²) in [5, 5.41) is 3.04. The van der Waals surface area contributed by atoms with Crippen LogP contribution in [0, 0.1) is 0 Å². The van der Waals surface area contributed by atoms with Crippen molar-refractivity contribution in [1.29, 1.82) is 0 Å². The van der Waals surface area contributed by atoms with Crippen molar-refractivity contribution in [1.82, 2.24) is 15.0 Å². The van der Waals surface area contributed by atoms with E-state index in [9.17, 15) is 4.79 Å². The topological polar surface area (TPSA) is 79.9 Å². The van der Waals surface area contributed by atoms with E-state index in [1.807, 2.05) is 0 Å². The summed E-state index contributed by atoms with van der Waals surface area (Å²) in [6, 6.07) is 3.47. The van der Waals surface area contributed by atoms with E-state index in [0.717, 1.165) is 5.56 Å². The highest BCUT2D eigenvalue weighted by Gasteiger charge is 2.07. The molecule has 2 aromatic heterocycles. The van der Waals surface area contributed by atoms with Gasteiger partial charge in [0.05, 0.1) is 7.11 Å². The highest BCUT2D eigenvalue weighted by Crippen LogP contribution is 2.06. The van der Waals surface area contributed by atoms with Crippen molar-refractivity contribution in [3.8, 4) is 0 Å². The molecule has 0 unspecified atom stereocenters. The second-order valence-corrected chi connectivity index (χ2v) is 3.34. The third-order valence-corrected chi connectivity index (χ3v) is 2.16. The summed E-state index contributed by atoms with van der Waals surface area (Å²) in [6.45, 7) is 0.539. The van der Waals surface area contributed by atoms with Crippen LogP contribution in [-0.2, 0) is 11.3 Å². The maximum atomic E-state index is 11.2. The minimum Gasteiger partial charge on any atom is -0.464 e. The van der Waals surface area contributed by atoms with Gasteiger partial charge in [-0.3, -0.25) is 0 Å². The molecule has 2 heterocycles. The lowest BCUT2D eigenvalue weighted by molar-refractivity contribution is 0.0595. The largest absolute Gasteiger partial charge is 0.464 e. The van der Waals surface area contributed by atoms with E-state index in [2.05, 4.69) is 25.0 Å². The molecule has 2 rings (SSSR count). The Morgan fingerprint density at radius 2 is 2.24 bits per heavy atom. The number of ether oxygens (including phenoxy) is 1. The first kappa shape index (κ1) is 11.1. The lowest BCUT2D eigenvalue weighted by Gasteiger charge is -2.00. The number of nitrogens with zero attached hydrogens (tertiary/aromatic N) is 2. The van der Waals surface area contributed by atoms with E-state index in [1.165, 1.54) is 7.11 Å². The summed E-state index contributed by atoms with van der Waals surface area (Å²) in [7, 11) is 1.35. The molecule has 0 saturated carbocycles. The first-order valence-electron chi connectivity index (χ1n) is 5.06. The van der Waals surface area contributed by atoms with E-state index >= 15 is 0 Å². The zero-order valence-electron chi connectivity index (χ0n) is 9.30. The zero-order valence-corrected chi connectivity index (χ0v) is 9.30. The molecule has 0 aliphatic heterocycles. The van der Waals surface area contributed by atoms with E-state index < -0.39 is 0 Å². The van der Waals surface area contributed by atoms with Crippen LogP contribution < -0.4 is 5.32 Å². The Labute approximate surface area is 98.1 Å². The number of carbonyl (C=O) groups is 1. The van der Waals surface area contributed by atoms with Gasteiger partial charge in [-0.1, -0.05) is 0 Å². The van der Waals surface area contributed by atoms with Crippen LogP contribution in [0.3, 0.4) is 0 Å². The Kier molecular flexibility index (Phi) is 3.34. The molecule has 0 radical (unpaired) electrons. The van der Waals surface area contributed by atoms with Gasteiger partial charge in [0.2, 0.25) is 5.95 Å². The maximum Gasteiger partial charge on any atom is 0.354 e. The minimum atomic E-state index is -0.382. The Bertz CT molecular complexity index is 495. The molecule has 2 aromatic rings. The monoisotopic (exact) mass is 232 g/mol. The fraction of sp³-hybridized carbons (Fsp3) is 0.182. The highest BCUT2D eigenvalue weighted by molar-refractivity contribution is 5.87. The molecule has 6 nitrogen and oxygen atoms in total. The van der Waals surface area contributed by atoms with Crippen LogP contribution in [0.25, 0.3) is 0 Å². The number of rotatable bonds is 4. The molecule has 88 valence electrons. The summed E-state index contributed by atoms with van der Waals surface area (Å²) in [4.78, 5) is 22.1. The number of carbonyl (C=O) groups excluding carboxylic acids is 1. The Morgan fingerprint density at radius 3 is 2.94 bits per heavy atom.